The standard InChI is InChI=1S/C25H28N2O6/c1-15-12-27(13-21(15)24(30)31)23(29)10-16(28)11-26-25(32)33-14-22-19-8-4-2-6-17(19)18-7-3-5-9-20(18)22/h2-9,15-16,21-22,28H,10-14H2,1H3,(H,26,32)(H,30,31). The molecule has 0 aromatic heterocycles. The Kier molecular flexibility index (Phi) is 6.65. The molecule has 3 unspecified atom stereocenters. The number of likely N-dealkylation sites (tertiary alicyclic amines) is 1. The molecular weight excluding hydrogens is 424 g/mol. The van der Waals surface area contributed by atoms with Gasteiger partial charge in [-0.1, -0.05) is 55.5 Å². The maximum atomic E-state index is 12.4. The summed E-state index contributed by atoms with van der Waals surface area (Å²) in [5.74, 6) is -2.04. The third-order valence-corrected chi connectivity index (χ3v) is 6.52. The summed E-state index contributed by atoms with van der Waals surface area (Å²) >= 11 is 0. The summed E-state index contributed by atoms with van der Waals surface area (Å²) in [7, 11) is 0. The SMILES string of the molecule is CC1CN(C(=O)CC(O)CNC(=O)OCC2c3ccccc3-c3ccccc32)CC1C(=O)O. The number of benzene rings is 2. The second-order valence-corrected chi connectivity index (χ2v) is 8.79. The minimum absolute atomic E-state index is 0.0611. The quantitative estimate of drug-likeness (QED) is 0.594. The first kappa shape index (κ1) is 22.8. The fourth-order valence-corrected chi connectivity index (χ4v) is 4.75. The molecule has 8 nitrogen and oxygen atoms in total. The van der Waals surface area contributed by atoms with Crippen LogP contribution in [0.15, 0.2) is 48.5 Å². The first-order valence-electron chi connectivity index (χ1n) is 11.1. The number of aliphatic hydroxyl groups excluding tert-OH is 1. The first-order valence-corrected chi connectivity index (χ1v) is 11.1. The molecule has 33 heavy (non-hydrogen) atoms. The minimum Gasteiger partial charge on any atom is -0.481 e. The Morgan fingerprint density at radius 1 is 1.06 bits per heavy atom. The van der Waals surface area contributed by atoms with Crippen LogP contribution in [-0.4, -0.2) is 65.4 Å². The van der Waals surface area contributed by atoms with E-state index in [1.165, 1.54) is 4.90 Å². The number of alkyl carbamates (subject to hydrolysis) is 1. The average molecular weight is 453 g/mol. The van der Waals surface area contributed by atoms with Crippen LogP contribution in [0, 0.1) is 11.8 Å². The number of nitrogens with zero attached hydrogens (tertiary/aromatic N) is 1. The highest BCUT2D eigenvalue weighted by molar-refractivity contribution is 5.80. The van der Waals surface area contributed by atoms with Gasteiger partial charge in [0, 0.05) is 25.6 Å². The van der Waals surface area contributed by atoms with Gasteiger partial charge >= 0.3 is 12.1 Å². The molecule has 1 aliphatic carbocycles. The molecule has 0 spiro atoms. The molecule has 4 rings (SSSR count). The highest BCUT2D eigenvalue weighted by Gasteiger charge is 2.37. The maximum Gasteiger partial charge on any atom is 0.407 e. The van der Waals surface area contributed by atoms with Crippen LogP contribution < -0.4 is 5.32 Å². The van der Waals surface area contributed by atoms with Gasteiger partial charge in [0.05, 0.1) is 18.4 Å². The second-order valence-electron chi connectivity index (χ2n) is 8.79. The van der Waals surface area contributed by atoms with Gasteiger partial charge in [-0.3, -0.25) is 9.59 Å². The van der Waals surface area contributed by atoms with E-state index >= 15 is 0 Å². The Morgan fingerprint density at radius 3 is 2.24 bits per heavy atom. The summed E-state index contributed by atoms with van der Waals surface area (Å²) in [5.41, 5.74) is 4.49. The molecule has 2 aromatic carbocycles. The molecule has 1 saturated heterocycles. The van der Waals surface area contributed by atoms with Crippen LogP contribution in [0.2, 0.25) is 0 Å². The first-order chi connectivity index (χ1) is 15.8. The Labute approximate surface area is 192 Å². The molecule has 2 amide bonds. The van der Waals surface area contributed by atoms with Crippen LogP contribution in [0.5, 0.6) is 0 Å². The summed E-state index contributed by atoms with van der Waals surface area (Å²) in [6.45, 7) is 2.32. The number of hydrogen-bond acceptors (Lipinski definition) is 5. The molecule has 1 fully saturated rings. The van der Waals surface area contributed by atoms with E-state index in [0.29, 0.717) is 6.54 Å². The Bertz CT molecular complexity index is 1010. The summed E-state index contributed by atoms with van der Waals surface area (Å²) in [5, 5.41) is 21.9. The zero-order valence-electron chi connectivity index (χ0n) is 18.4. The maximum absolute atomic E-state index is 12.4. The second kappa shape index (κ2) is 9.62. The van der Waals surface area contributed by atoms with Crippen molar-refractivity contribution >= 4 is 18.0 Å². The fraction of sp³-hybridized carbons (Fsp3) is 0.400. The van der Waals surface area contributed by atoms with Crippen molar-refractivity contribution in [1.29, 1.82) is 0 Å². The smallest absolute Gasteiger partial charge is 0.407 e. The Balaban J connectivity index is 1.25. The number of aliphatic carboxylic acids is 1. The van der Waals surface area contributed by atoms with E-state index in [2.05, 4.69) is 17.4 Å². The number of fused-ring (bicyclic) bond motifs is 3. The summed E-state index contributed by atoms with van der Waals surface area (Å²) in [4.78, 5) is 37.3. The van der Waals surface area contributed by atoms with E-state index < -0.39 is 24.1 Å². The zero-order chi connectivity index (χ0) is 23.5. The molecule has 2 aliphatic rings. The summed E-state index contributed by atoms with van der Waals surface area (Å²) in [6, 6.07) is 16.1. The summed E-state index contributed by atoms with van der Waals surface area (Å²) in [6.07, 6.45) is -1.94. The monoisotopic (exact) mass is 452 g/mol. The third kappa shape index (κ3) is 4.85. The molecule has 0 saturated carbocycles. The number of aliphatic hydroxyl groups is 1. The lowest BCUT2D eigenvalue weighted by atomic mass is 9.98. The van der Waals surface area contributed by atoms with Crippen molar-refractivity contribution in [2.45, 2.75) is 25.4 Å². The van der Waals surface area contributed by atoms with E-state index in [9.17, 15) is 24.6 Å². The van der Waals surface area contributed by atoms with E-state index in [4.69, 9.17) is 4.74 Å². The molecule has 3 N–H and O–H groups in total. The van der Waals surface area contributed by atoms with E-state index in [1.54, 1.807) is 6.92 Å². The van der Waals surface area contributed by atoms with Crippen molar-refractivity contribution in [2.75, 3.05) is 26.2 Å². The van der Waals surface area contributed by atoms with Crippen molar-refractivity contribution < 1.29 is 29.3 Å². The fourth-order valence-electron chi connectivity index (χ4n) is 4.75. The average Bonchev–Trinajstić information content (AvgIpc) is 3.35. The van der Waals surface area contributed by atoms with Gasteiger partial charge in [-0.25, -0.2) is 4.79 Å². The number of carbonyl (C=O) groups is 3. The lowest BCUT2D eigenvalue weighted by molar-refractivity contribution is -0.142. The molecule has 2 aromatic rings. The van der Waals surface area contributed by atoms with Gasteiger partial charge in [-0.2, -0.15) is 0 Å². The number of rotatable bonds is 7. The van der Waals surface area contributed by atoms with Crippen molar-refractivity contribution in [3.63, 3.8) is 0 Å². The van der Waals surface area contributed by atoms with E-state index in [0.717, 1.165) is 22.3 Å². The largest absolute Gasteiger partial charge is 0.481 e. The number of amides is 2. The number of hydrogen-bond donors (Lipinski definition) is 3. The number of ether oxygens (including phenoxy) is 1. The van der Waals surface area contributed by atoms with Crippen LogP contribution in [0.1, 0.15) is 30.4 Å². The van der Waals surface area contributed by atoms with Gasteiger partial charge < -0.3 is 25.2 Å². The molecule has 174 valence electrons. The highest BCUT2D eigenvalue weighted by atomic mass is 16.5. The molecule has 0 bridgehead atoms. The molecular formula is C25H28N2O6. The van der Waals surface area contributed by atoms with Gasteiger partial charge in [0.2, 0.25) is 5.91 Å². The van der Waals surface area contributed by atoms with Crippen LogP contribution >= 0.6 is 0 Å². The van der Waals surface area contributed by atoms with Crippen molar-refractivity contribution in [1.82, 2.24) is 10.2 Å². The van der Waals surface area contributed by atoms with Gasteiger partial charge in [0.15, 0.2) is 0 Å². The number of nitrogens with one attached hydrogen (secondary N) is 1. The minimum atomic E-state index is -1.09. The van der Waals surface area contributed by atoms with Gasteiger partial charge in [0.25, 0.3) is 0 Å². The molecule has 1 heterocycles. The van der Waals surface area contributed by atoms with Crippen LogP contribution in [0.3, 0.4) is 0 Å². The van der Waals surface area contributed by atoms with Gasteiger partial charge in [0.1, 0.15) is 6.61 Å². The van der Waals surface area contributed by atoms with Crippen molar-refractivity contribution in [2.24, 2.45) is 11.8 Å². The van der Waals surface area contributed by atoms with Crippen molar-refractivity contribution in [3.8, 4) is 11.1 Å². The lowest BCUT2D eigenvalue weighted by Crippen LogP contribution is -2.38. The highest BCUT2D eigenvalue weighted by Crippen LogP contribution is 2.44. The lowest BCUT2D eigenvalue weighted by Gasteiger charge is -2.19. The number of carboxylic acids is 1. The zero-order valence-corrected chi connectivity index (χ0v) is 18.4. The van der Waals surface area contributed by atoms with Crippen LogP contribution in [-0.2, 0) is 14.3 Å². The number of carbonyl (C=O) groups excluding carboxylic acids is 2. The van der Waals surface area contributed by atoms with E-state index in [1.807, 2.05) is 36.4 Å². The third-order valence-electron chi connectivity index (χ3n) is 6.52. The number of carboxylic acid groups (broad SMARTS) is 1. The van der Waals surface area contributed by atoms with Crippen LogP contribution in [0.4, 0.5) is 4.79 Å². The molecule has 8 heteroatoms. The summed E-state index contributed by atoms with van der Waals surface area (Å²) < 4.78 is 5.43. The van der Waals surface area contributed by atoms with Crippen LogP contribution in [0.25, 0.3) is 11.1 Å². The predicted molar refractivity (Wildman–Crippen MR) is 121 cm³/mol. The normalized spacial score (nSPS) is 20.1. The topological polar surface area (TPSA) is 116 Å². The Morgan fingerprint density at radius 2 is 1.67 bits per heavy atom. The Hall–Kier alpha value is -3.39. The molecule has 0 radical (unpaired) electrons. The van der Waals surface area contributed by atoms with Gasteiger partial charge in [-0.05, 0) is 28.2 Å². The van der Waals surface area contributed by atoms with Crippen molar-refractivity contribution in [3.05, 3.63) is 59.7 Å². The molecule has 1 aliphatic heterocycles. The predicted octanol–water partition coefficient (Wildman–Crippen LogP) is 2.46. The van der Waals surface area contributed by atoms with Gasteiger partial charge in [-0.15, -0.1) is 0 Å². The van der Waals surface area contributed by atoms with E-state index in [-0.39, 0.29) is 43.9 Å². The molecule has 3 atom stereocenters.